The Morgan fingerprint density at radius 2 is 1.54 bits per heavy atom. The SMILES string of the molecule is C=C(C)c1ccc(S)c(Cl)c1.CC.CC.[B]c1ccc(C)cc1C. The van der Waals surface area contributed by atoms with E-state index in [2.05, 4.69) is 32.2 Å². The summed E-state index contributed by atoms with van der Waals surface area (Å²) < 4.78 is 0. The van der Waals surface area contributed by atoms with E-state index in [0.29, 0.717) is 5.02 Å². The minimum Gasteiger partial charge on any atom is -0.142 e. The Morgan fingerprint density at radius 1 is 1.00 bits per heavy atom. The van der Waals surface area contributed by atoms with E-state index in [9.17, 15) is 0 Å². The molecule has 0 amide bonds. The molecule has 3 heteroatoms. The van der Waals surface area contributed by atoms with Crippen molar-refractivity contribution in [3.8, 4) is 0 Å². The Hall–Kier alpha value is -1.12. The van der Waals surface area contributed by atoms with E-state index in [1.54, 1.807) is 0 Å². The molecule has 0 aliphatic rings. The first-order valence-electron chi connectivity index (χ1n) is 8.28. The lowest BCUT2D eigenvalue weighted by atomic mass is 9.90. The minimum atomic E-state index is 0.675. The Kier molecular flexibility index (Phi) is 14.9. The molecule has 2 radical (unpaired) electrons. The highest BCUT2D eigenvalue weighted by molar-refractivity contribution is 7.80. The van der Waals surface area contributed by atoms with Gasteiger partial charge in [-0.1, -0.05) is 92.3 Å². The quantitative estimate of drug-likeness (QED) is 0.419. The van der Waals surface area contributed by atoms with Crippen LogP contribution in [0.3, 0.4) is 0 Å². The summed E-state index contributed by atoms with van der Waals surface area (Å²) in [5.74, 6) is 0. The maximum absolute atomic E-state index is 5.84. The Morgan fingerprint density at radius 3 is 1.92 bits per heavy atom. The monoisotopic (exact) mass is 360 g/mol. The first-order valence-corrected chi connectivity index (χ1v) is 9.11. The fraction of sp³-hybridized carbons (Fsp3) is 0.333. The number of allylic oxidation sites excluding steroid dienone is 1. The van der Waals surface area contributed by atoms with Gasteiger partial charge in [0.05, 0.1) is 5.02 Å². The smallest absolute Gasteiger partial charge is 0.114 e. The van der Waals surface area contributed by atoms with Crippen molar-refractivity contribution < 1.29 is 0 Å². The van der Waals surface area contributed by atoms with Gasteiger partial charge in [-0.3, -0.25) is 0 Å². The molecular weight excluding hydrogens is 331 g/mol. The molecule has 0 spiro atoms. The highest BCUT2D eigenvalue weighted by atomic mass is 35.5. The normalized spacial score (nSPS) is 8.54. The minimum absolute atomic E-state index is 0.675. The third-order valence-electron chi connectivity index (χ3n) is 2.87. The molecule has 2 aromatic rings. The van der Waals surface area contributed by atoms with Crippen LogP contribution in [-0.4, -0.2) is 7.85 Å². The zero-order valence-electron chi connectivity index (χ0n) is 16.1. The van der Waals surface area contributed by atoms with Gasteiger partial charge in [0.1, 0.15) is 7.85 Å². The van der Waals surface area contributed by atoms with Crippen LogP contribution in [0.1, 0.15) is 51.3 Å². The van der Waals surface area contributed by atoms with Crippen LogP contribution in [0.5, 0.6) is 0 Å². The van der Waals surface area contributed by atoms with Crippen LogP contribution in [0, 0.1) is 13.8 Å². The van der Waals surface area contributed by atoms with Crippen molar-refractivity contribution in [2.75, 3.05) is 0 Å². The van der Waals surface area contributed by atoms with Gasteiger partial charge in [-0.05, 0) is 38.5 Å². The summed E-state index contributed by atoms with van der Waals surface area (Å²) in [5, 5.41) is 0.675. The Bertz CT molecular complexity index is 621. The predicted octanol–water partition coefficient (Wildman–Crippen LogP) is 6.81. The van der Waals surface area contributed by atoms with E-state index in [4.69, 9.17) is 19.4 Å². The number of thiol groups is 1. The van der Waals surface area contributed by atoms with Gasteiger partial charge in [-0.25, -0.2) is 0 Å². The maximum atomic E-state index is 5.84. The third kappa shape index (κ3) is 9.90. The highest BCUT2D eigenvalue weighted by Gasteiger charge is 1.97. The van der Waals surface area contributed by atoms with Crippen molar-refractivity contribution >= 4 is 43.1 Å². The number of rotatable bonds is 1. The first-order chi connectivity index (χ1) is 11.3. The summed E-state index contributed by atoms with van der Waals surface area (Å²) in [6, 6.07) is 11.7. The van der Waals surface area contributed by atoms with Gasteiger partial charge in [0.15, 0.2) is 0 Å². The fourth-order valence-electron chi connectivity index (χ4n) is 1.60. The van der Waals surface area contributed by atoms with Gasteiger partial charge in [-0.2, -0.15) is 0 Å². The molecule has 130 valence electrons. The molecule has 0 atom stereocenters. The molecule has 0 N–H and O–H groups in total. The van der Waals surface area contributed by atoms with Crippen molar-refractivity contribution in [1.29, 1.82) is 0 Å². The molecular formula is C21H30BClS. The lowest BCUT2D eigenvalue weighted by molar-refractivity contribution is 1.41. The van der Waals surface area contributed by atoms with Crippen LogP contribution in [0.2, 0.25) is 5.02 Å². The Labute approximate surface area is 161 Å². The molecule has 0 bridgehead atoms. The standard InChI is InChI=1S/C9H9ClS.C8H9B.2C2H6/c1-6(2)7-3-4-9(11)8(10)5-7;1-6-3-4-8(9)7(2)5-6;2*1-2/h3-5,11H,1H2,2H3;3-5H,1-2H3;2*1-2H3. The molecule has 2 rings (SSSR count). The van der Waals surface area contributed by atoms with E-state index in [0.717, 1.165) is 27.1 Å². The topological polar surface area (TPSA) is 0 Å². The lowest BCUT2D eigenvalue weighted by Crippen LogP contribution is -2.05. The van der Waals surface area contributed by atoms with Crippen molar-refractivity contribution in [3.05, 3.63) is 64.7 Å². The second kappa shape index (κ2) is 14.2. The molecule has 0 heterocycles. The van der Waals surface area contributed by atoms with Gasteiger partial charge >= 0.3 is 0 Å². The first kappa shape index (κ1) is 25.1. The third-order valence-corrected chi connectivity index (χ3v) is 3.70. The fourth-order valence-corrected chi connectivity index (χ4v) is 1.92. The van der Waals surface area contributed by atoms with E-state index in [1.807, 2.05) is 71.9 Å². The zero-order chi connectivity index (χ0) is 19.3. The van der Waals surface area contributed by atoms with Crippen LogP contribution >= 0.6 is 24.2 Å². The molecule has 0 fully saturated rings. The molecule has 0 saturated heterocycles. The molecule has 2 aromatic carbocycles. The van der Waals surface area contributed by atoms with Gasteiger partial charge in [-0.15, -0.1) is 12.6 Å². The summed E-state index contributed by atoms with van der Waals surface area (Å²) >= 11 is 9.99. The molecule has 0 nitrogen and oxygen atoms in total. The molecule has 0 aliphatic carbocycles. The van der Waals surface area contributed by atoms with Gasteiger partial charge in [0.25, 0.3) is 0 Å². The van der Waals surface area contributed by atoms with Crippen LogP contribution in [0.4, 0.5) is 0 Å². The lowest BCUT2D eigenvalue weighted by Gasteiger charge is -2.01. The van der Waals surface area contributed by atoms with Crippen LogP contribution < -0.4 is 5.46 Å². The number of halogens is 1. The second-order valence-electron chi connectivity index (χ2n) is 4.81. The average Bonchev–Trinajstić information content (AvgIpc) is 2.58. The largest absolute Gasteiger partial charge is 0.142 e. The second-order valence-corrected chi connectivity index (χ2v) is 5.70. The molecule has 24 heavy (non-hydrogen) atoms. The summed E-state index contributed by atoms with van der Waals surface area (Å²) in [4.78, 5) is 0.802. The van der Waals surface area contributed by atoms with Crippen molar-refractivity contribution in [3.63, 3.8) is 0 Å². The van der Waals surface area contributed by atoms with Gasteiger partial charge in [0.2, 0.25) is 0 Å². The molecule has 0 unspecified atom stereocenters. The summed E-state index contributed by atoms with van der Waals surface area (Å²) in [7, 11) is 5.59. The van der Waals surface area contributed by atoms with Crippen molar-refractivity contribution in [2.45, 2.75) is 53.4 Å². The molecule has 0 saturated carbocycles. The molecule has 0 aromatic heterocycles. The summed E-state index contributed by atoms with van der Waals surface area (Å²) in [5.41, 5.74) is 5.38. The van der Waals surface area contributed by atoms with Crippen LogP contribution in [0.15, 0.2) is 47.9 Å². The number of hydrogen-bond acceptors (Lipinski definition) is 1. The summed E-state index contributed by atoms with van der Waals surface area (Å²) in [6.07, 6.45) is 0. The van der Waals surface area contributed by atoms with Gasteiger partial charge in [0, 0.05) is 4.90 Å². The zero-order valence-corrected chi connectivity index (χ0v) is 17.7. The average molecular weight is 361 g/mol. The van der Waals surface area contributed by atoms with Crippen LogP contribution in [0.25, 0.3) is 5.57 Å². The van der Waals surface area contributed by atoms with Crippen molar-refractivity contribution in [1.82, 2.24) is 0 Å². The van der Waals surface area contributed by atoms with E-state index < -0.39 is 0 Å². The number of aryl methyl sites for hydroxylation is 2. The maximum Gasteiger partial charge on any atom is 0.114 e. The highest BCUT2D eigenvalue weighted by Crippen LogP contribution is 2.23. The van der Waals surface area contributed by atoms with E-state index in [-0.39, 0.29) is 0 Å². The van der Waals surface area contributed by atoms with Crippen molar-refractivity contribution in [2.24, 2.45) is 0 Å². The molecule has 0 aliphatic heterocycles. The van der Waals surface area contributed by atoms with E-state index >= 15 is 0 Å². The van der Waals surface area contributed by atoms with Gasteiger partial charge < -0.3 is 0 Å². The predicted molar refractivity (Wildman–Crippen MR) is 117 cm³/mol. The Balaban J connectivity index is 0. The number of hydrogen-bond donors (Lipinski definition) is 1. The number of benzene rings is 2. The summed E-state index contributed by atoms with van der Waals surface area (Å²) in [6.45, 7) is 17.8. The van der Waals surface area contributed by atoms with Crippen LogP contribution in [-0.2, 0) is 0 Å². The van der Waals surface area contributed by atoms with E-state index in [1.165, 1.54) is 5.56 Å².